The van der Waals surface area contributed by atoms with Crippen LogP contribution in [-0.4, -0.2) is 23.0 Å². The van der Waals surface area contributed by atoms with E-state index in [2.05, 4.69) is 72.1 Å². The zero-order valence-electron chi connectivity index (χ0n) is 13.3. The highest BCUT2D eigenvalue weighted by atomic mass is 32.2. The summed E-state index contributed by atoms with van der Waals surface area (Å²) in [5.74, 6) is 5.26. The van der Waals surface area contributed by atoms with Crippen LogP contribution in [0.5, 0.6) is 0 Å². The third kappa shape index (κ3) is 2.57. The van der Waals surface area contributed by atoms with Gasteiger partial charge in [0.05, 0.1) is 0 Å². The third-order valence-corrected chi connectivity index (χ3v) is 11.4. The van der Waals surface area contributed by atoms with Crippen molar-refractivity contribution in [2.45, 2.75) is 9.16 Å². The van der Waals surface area contributed by atoms with Crippen molar-refractivity contribution in [2.24, 2.45) is 0 Å². The molecule has 0 aromatic heterocycles. The molecule has 0 saturated carbocycles. The first-order chi connectivity index (χ1) is 11.9. The minimum Gasteiger partial charge on any atom is -0.0958 e. The Labute approximate surface area is 159 Å². The van der Waals surface area contributed by atoms with E-state index in [1.54, 1.807) is 34.7 Å². The van der Waals surface area contributed by atoms with E-state index < -0.39 is 0 Å². The van der Waals surface area contributed by atoms with Gasteiger partial charge in [-0.1, -0.05) is 72.1 Å². The van der Waals surface area contributed by atoms with E-state index >= 15 is 0 Å². The average molecular weight is 389 g/mol. The number of hydrogen-bond acceptors (Lipinski definition) is 2. The van der Waals surface area contributed by atoms with Crippen molar-refractivity contribution in [3.8, 4) is 0 Å². The molecule has 122 valence electrons. The molecule has 2 heterocycles. The molecule has 5 rings (SSSR count). The molecule has 0 nitrogen and oxygen atoms in total. The molecule has 0 amide bonds. The fourth-order valence-electron chi connectivity index (χ4n) is 3.85. The van der Waals surface area contributed by atoms with Gasteiger partial charge in [0, 0.05) is 22.6 Å². The smallest absolute Gasteiger partial charge is 0.0958 e. The van der Waals surface area contributed by atoms with Crippen LogP contribution in [0.15, 0.2) is 48.5 Å². The van der Waals surface area contributed by atoms with Gasteiger partial charge in [-0.2, -0.15) is 0 Å². The predicted molar refractivity (Wildman–Crippen MR) is 119 cm³/mol. The van der Waals surface area contributed by atoms with Crippen LogP contribution in [0.4, 0.5) is 0 Å². The molecule has 3 aromatic rings. The molecular weight excluding hydrogens is 368 g/mol. The predicted octanol–water partition coefficient (Wildman–Crippen LogP) is 5.11. The van der Waals surface area contributed by atoms with Crippen molar-refractivity contribution in [1.29, 1.82) is 0 Å². The van der Waals surface area contributed by atoms with Crippen LogP contribution in [0.1, 0.15) is 20.3 Å². The number of thioether (sulfide) groups is 2. The Hall–Kier alpha value is -0.420. The van der Waals surface area contributed by atoms with Crippen LogP contribution in [0.3, 0.4) is 0 Å². The van der Waals surface area contributed by atoms with E-state index in [4.69, 9.17) is 0 Å². The van der Waals surface area contributed by atoms with Crippen LogP contribution in [0.25, 0.3) is 21.5 Å². The van der Waals surface area contributed by atoms with E-state index in [0.717, 1.165) is 0 Å². The summed E-state index contributed by atoms with van der Waals surface area (Å²) >= 11 is 7.47. The lowest BCUT2D eigenvalue weighted by atomic mass is 9.93. The van der Waals surface area contributed by atoms with Crippen molar-refractivity contribution in [1.82, 2.24) is 0 Å². The molecule has 2 saturated heterocycles. The first-order valence-electron chi connectivity index (χ1n) is 8.43. The number of thiol groups is 2. The van der Waals surface area contributed by atoms with E-state index in [-0.39, 0.29) is 0 Å². The summed E-state index contributed by atoms with van der Waals surface area (Å²) in [6.45, 7) is 0. The Bertz CT molecular complexity index is 762. The normalized spacial score (nSPS) is 24.2. The highest BCUT2D eigenvalue weighted by molar-refractivity contribution is 8.12. The molecule has 0 N–H and O–H groups in total. The van der Waals surface area contributed by atoms with Crippen molar-refractivity contribution >= 4 is 68.6 Å². The summed E-state index contributed by atoms with van der Waals surface area (Å²) in [6, 6.07) is 18.4. The quantitative estimate of drug-likeness (QED) is 0.340. The van der Waals surface area contributed by atoms with Gasteiger partial charge in [-0.3, -0.25) is 0 Å². The standard InChI is InChI=1S/C20H18S4/c1-2-6-14-13(5-1)17(19-21-9-10-22-19)15-7-3-4-8-16(15)18(14)20-23-11-12-24-20/h1-8,19-20H,9-12H2/p+2. The molecule has 4 heteroatoms. The van der Waals surface area contributed by atoms with Crippen molar-refractivity contribution in [3.05, 3.63) is 59.7 Å². The number of rotatable bonds is 2. The van der Waals surface area contributed by atoms with Gasteiger partial charge < -0.3 is 0 Å². The Balaban J connectivity index is 1.89. The maximum Gasteiger partial charge on any atom is 0.187 e. The summed E-state index contributed by atoms with van der Waals surface area (Å²) < 4.78 is 1.28. The van der Waals surface area contributed by atoms with Gasteiger partial charge >= 0.3 is 0 Å². The summed E-state index contributed by atoms with van der Waals surface area (Å²) in [5.41, 5.74) is 3.18. The molecule has 2 aliphatic heterocycles. The number of hydrogen-bond donors (Lipinski definition) is 0. The van der Waals surface area contributed by atoms with Gasteiger partial charge in [0.15, 0.2) is 9.16 Å². The molecule has 2 unspecified atom stereocenters. The Kier molecular flexibility index (Phi) is 4.42. The first-order valence-corrected chi connectivity index (χ1v) is 12.8. The van der Waals surface area contributed by atoms with Gasteiger partial charge in [-0.15, -0.1) is 0 Å². The zero-order chi connectivity index (χ0) is 15.9. The first kappa shape index (κ1) is 15.8. The molecule has 3 aromatic carbocycles. The number of benzene rings is 3. The maximum absolute atomic E-state index is 2.37. The second-order valence-corrected chi connectivity index (χ2v) is 12.0. The van der Waals surface area contributed by atoms with Gasteiger partial charge in [-0.05, 0) is 45.1 Å². The molecule has 2 fully saturated rings. The molecule has 0 radical (unpaired) electrons. The molecule has 2 aliphatic rings. The van der Waals surface area contributed by atoms with Crippen LogP contribution >= 0.6 is 23.5 Å². The second-order valence-electron chi connectivity index (χ2n) is 6.18. The lowest BCUT2D eigenvalue weighted by molar-refractivity contribution is 1.43. The van der Waals surface area contributed by atoms with Gasteiger partial charge in [0.1, 0.15) is 11.5 Å². The summed E-state index contributed by atoms with van der Waals surface area (Å²) in [7, 11) is 0. The van der Waals surface area contributed by atoms with Crippen molar-refractivity contribution in [2.75, 3.05) is 23.0 Å². The van der Waals surface area contributed by atoms with E-state index in [1.807, 2.05) is 0 Å². The zero-order valence-corrected chi connectivity index (χ0v) is 16.7. The molecule has 0 spiro atoms. The van der Waals surface area contributed by atoms with Gasteiger partial charge in [0.2, 0.25) is 0 Å². The largest absolute Gasteiger partial charge is 0.187 e. The van der Waals surface area contributed by atoms with Crippen molar-refractivity contribution < 1.29 is 0 Å². The highest BCUT2D eigenvalue weighted by Crippen LogP contribution is 2.48. The van der Waals surface area contributed by atoms with E-state index in [1.165, 1.54) is 44.6 Å². The Morgan fingerprint density at radius 2 is 1.00 bits per heavy atom. The maximum atomic E-state index is 2.37. The average Bonchev–Trinajstić information content (AvgIpc) is 3.33. The number of fused-ring (bicyclic) bond motifs is 2. The minimum absolute atomic E-state index is 0.641. The van der Waals surface area contributed by atoms with Crippen LogP contribution in [-0.2, 0) is 23.5 Å². The monoisotopic (exact) mass is 388 g/mol. The van der Waals surface area contributed by atoms with E-state index in [0.29, 0.717) is 9.16 Å². The SMILES string of the molecule is c1ccc2c(C3SCC[SH+]3)c3ccccc3c(C3SCC[SH+]3)c2c1. The third-order valence-electron chi connectivity index (χ3n) is 4.83. The van der Waals surface area contributed by atoms with Crippen LogP contribution in [0.2, 0.25) is 0 Å². The van der Waals surface area contributed by atoms with Crippen molar-refractivity contribution in [3.63, 3.8) is 0 Å². The highest BCUT2D eigenvalue weighted by Gasteiger charge is 2.34. The Morgan fingerprint density at radius 3 is 1.29 bits per heavy atom. The van der Waals surface area contributed by atoms with Crippen LogP contribution in [0, 0.1) is 0 Å². The molecule has 0 aliphatic carbocycles. The summed E-state index contributed by atoms with van der Waals surface area (Å²) in [5, 5.41) is 6.00. The molecule has 24 heavy (non-hydrogen) atoms. The minimum atomic E-state index is 0.641. The summed E-state index contributed by atoms with van der Waals surface area (Å²) in [6.07, 6.45) is 0. The van der Waals surface area contributed by atoms with Gasteiger partial charge in [-0.25, -0.2) is 0 Å². The van der Waals surface area contributed by atoms with Gasteiger partial charge in [0.25, 0.3) is 0 Å². The fraction of sp³-hybridized carbons (Fsp3) is 0.300. The van der Waals surface area contributed by atoms with E-state index in [9.17, 15) is 0 Å². The fourth-order valence-corrected chi connectivity index (χ4v) is 10.3. The molecule has 2 atom stereocenters. The lowest BCUT2D eigenvalue weighted by Crippen LogP contribution is -2.01. The molecule has 0 bridgehead atoms. The van der Waals surface area contributed by atoms with Crippen LogP contribution < -0.4 is 0 Å². The topological polar surface area (TPSA) is 0 Å². The lowest BCUT2D eigenvalue weighted by Gasteiger charge is -2.18. The Morgan fingerprint density at radius 1 is 0.625 bits per heavy atom. The molecular formula is C20H20S4+2. The second kappa shape index (κ2) is 6.71. The summed E-state index contributed by atoms with van der Waals surface area (Å²) in [4.78, 5) is 0.